The number of nitrogens with two attached hydrogens (primary N) is 3. The summed E-state index contributed by atoms with van der Waals surface area (Å²) in [6.07, 6.45) is -4.34. The molecule has 15 N–H and O–H groups in total. The maximum absolute atomic E-state index is 11.7. The molecular weight excluding hydrogens is 528 g/mol. The van der Waals surface area contributed by atoms with E-state index in [1.165, 1.54) is 0 Å². The maximum Gasteiger partial charge on any atom is 0.185 e. The van der Waals surface area contributed by atoms with Gasteiger partial charge in [-0.15, -0.1) is 0 Å². The number of hydrogen-bond acceptors (Lipinski definition) is 15. The molecule has 0 spiro atoms. The average Bonchev–Trinajstić information content (AvgIpc) is 2.91. The van der Waals surface area contributed by atoms with Crippen molar-refractivity contribution in [2.45, 2.75) is 92.4 Å². The van der Waals surface area contributed by atoms with E-state index in [0.717, 1.165) is 0 Å². The van der Waals surface area contributed by atoms with E-state index in [4.69, 9.17) is 36.5 Å². The molecule has 0 aromatic rings. The minimum atomic E-state index is -1.35. The van der Waals surface area contributed by atoms with Gasteiger partial charge in [-0.05, 0) is 32.9 Å². The first-order chi connectivity index (χ1) is 18.9. The van der Waals surface area contributed by atoms with Gasteiger partial charge in [-0.1, -0.05) is 0 Å². The molecule has 1 saturated carbocycles. The molecule has 1 aliphatic carbocycles. The zero-order valence-corrected chi connectivity index (χ0v) is 23.3. The molecule has 2 fully saturated rings. The van der Waals surface area contributed by atoms with Crippen molar-refractivity contribution in [2.24, 2.45) is 23.1 Å². The predicted octanol–water partition coefficient (Wildman–Crippen LogP) is -5.64. The van der Waals surface area contributed by atoms with E-state index in [9.17, 15) is 25.5 Å². The lowest BCUT2D eigenvalue weighted by molar-refractivity contribution is -0.298. The Morgan fingerprint density at radius 1 is 1.15 bits per heavy atom. The lowest BCUT2D eigenvalue weighted by Crippen LogP contribution is -2.69. The minimum Gasteiger partial charge on any atom is -0.492 e. The van der Waals surface area contributed by atoms with Crippen LogP contribution in [0.1, 0.15) is 19.8 Å². The summed E-state index contributed by atoms with van der Waals surface area (Å²) in [6.45, 7) is 1.68. The third-order valence-corrected chi connectivity index (χ3v) is 8.06. The summed E-state index contributed by atoms with van der Waals surface area (Å²) in [5, 5.41) is 71.0. The SMILES string of the molecule is CN[C@@H]1[C@@H](O)[C@@H](O[C@H]2[C@H](NCC(O)CN)C[C@H](N)C([C@H]3OC(CNCC(O)CO)=CC[C@H]3N)[C@@H]2O)OC[C@]1(C)O. The van der Waals surface area contributed by atoms with E-state index in [1.807, 2.05) is 6.08 Å². The van der Waals surface area contributed by atoms with Crippen LogP contribution >= 0.6 is 0 Å². The smallest absolute Gasteiger partial charge is 0.185 e. The van der Waals surface area contributed by atoms with Crippen molar-refractivity contribution in [3.05, 3.63) is 11.8 Å². The lowest BCUT2D eigenvalue weighted by Gasteiger charge is -2.50. The van der Waals surface area contributed by atoms with Crippen molar-refractivity contribution < 1.29 is 44.8 Å². The predicted molar refractivity (Wildman–Crippen MR) is 145 cm³/mol. The topological polar surface area (TPSA) is 263 Å². The Morgan fingerprint density at radius 3 is 2.52 bits per heavy atom. The molecule has 3 unspecified atom stereocenters. The van der Waals surface area contributed by atoms with Crippen molar-refractivity contribution in [1.82, 2.24) is 16.0 Å². The molecule has 2 heterocycles. The summed E-state index contributed by atoms with van der Waals surface area (Å²) < 4.78 is 18.1. The van der Waals surface area contributed by atoms with Crippen molar-refractivity contribution in [1.29, 1.82) is 0 Å². The molecule has 2 aliphatic heterocycles. The number of hydrogen-bond donors (Lipinski definition) is 12. The molecule has 234 valence electrons. The highest BCUT2D eigenvalue weighted by atomic mass is 16.7. The second-order valence-corrected chi connectivity index (χ2v) is 11.4. The highest BCUT2D eigenvalue weighted by molar-refractivity contribution is 5.10. The van der Waals surface area contributed by atoms with Crippen LogP contribution in [0.25, 0.3) is 0 Å². The van der Waals surface area contributed by atoms with Crippen LogP contribution in [0, 0.1) is 5.92 Å². The first kappa shape index (κ1) is 33.5. The molecule has 0 aromatic heterocycles. The molecule has 15 heteroatoms. The Labute approximate surface area is 235 Å². The summed E-state index contributed by atoms with van der Waals surface area (Å²) in [4.78, 5) is 0. The summed E-state index contributed by atoms with van der Waals surface area (Å²) >= 11 is 0. The van der Waals surface area contributed by atoms with Gasteiger partial charge >= 0.3 is 0 Å². The third kappa shape index (κ3) is 8.08. The van der Waals surface area contributed by atoms with Gasteiger partial charge in [0, 0.05) is 43.7 Å². The van der Waals surface area contributed by atoms with Gasteiger partial charge in [0.1, 0.15) is 29.7 Å². The standard InChI is InChI=1S/C25H50N6O9/c1-25(37)11-38-24(20(36)23(25)29-2)40-22-17(31-8-12(33)6-26)5-16(28)18(19(22)35)21-15(27)4-3-14(39-21)9-30-7-13(34)10-32/h3,12-13,15-24,29-37H,4-11,26-28H2,1-2H3/t12?,13?,15-,16+,17-,18?,19+,20-,21+,22+,23-,24-,25+/m1/s1. The highest BCUT2D eigenvalue weighted by Gasteiger charge is 2.53. The Balaban J connectivity index is 1.78. The van der Waals surface area contributed by atoms with E-state index in [0.29, 0.717) is 18.6 Å². The van der Waals surface area contributed by atoms with E-state index >= 15 is 0 Å². The molecule has 3 rings (SSSR count). The number of aliphatic hydroxyl groups excluding tert-OH is 5. The number of nitrogens with one attached hydrogen (secondary N) is 3. The van der Waals surface area contributed by atoms with Crippen LogP contribution in [0.15, 0.2) is 11.8 Å². The third-order valence-electron chi connectivity index (χ3n) is 8.06. The lowest BCUT2D eigenvalue weighted by atomic mass is 9.72. The van der Waals surface area contributed by atoms with Gasteiger partial charge in [0.15, 0.2) is 6.29 Å². The number of ether oxygens (including phenoxy) is 3. The van der Waals surface area contributed by atoms with Gasteiger partial charge in [0.2, 0.25) is 0 Å². The molecule has 3 aliphatic rings. The second kappa shape index (κ2) is 14.9. The van der Waals surface area contributed by atoms with Crippen LogP contribution in [0.5, 0.6) is 0 Å². The van der Waals surface area contributed by atoms with Gasteiger partial charge in [-0.3, -0.25) is 0 Å². The van der Waals surface area contributed by atoms with Crippen LogP contribution in [0.4, 0.5) is 0 Å². The average molecular weight is 579 g/mol. The monoisotopic (exact) mass is 578 g/mol. The fourth-order valence-corrected chi connectivity index (χ4v) is 5.82. The van der Waals surface area contributed by atoms with E-state index in [2.05, 4.69) is 16.0 Å². The van der Waals surface area contributed by atoms with Gasteiger partial charge < -0.3 is 78.0 Å². The zero-order valence-electron chi connectivity index (χ0n) is 23.3. The molecule has 0 amide bonds. The van der Waals surface area contributed by atoms with E-state index in [1.54, 1.807) is 14.0 Å². The van der Waals surface area contributed by atoms with Crippen molar-refractivity contribution in [2.75, 3.05) is 46.4 Å². The number of aliphatic hydroxyl groups is 6. The highest BCUT2D eigenvalue weighted by Crippen LogP contribution is 2.36. The maximum atomic E-state index is 11.7. The normalized spacial score (nSPS) is 42.1. The van der Waals surface area contributed by atoms with Crippen molar-refractivity contribution in [3.8, 4) is 0 Å². The fourth-order valence-electron chi connectivity index (χ4n) is 5.82. The van der Waals surface area contributed by atoms with Gasteiger partial charge in [0.05, 0.1) is 44.1 Å². The summed E-state index contributed by atoms with van der Waals surface area (Å²) in [5.41, 5.74) is 17.2. The zero-order chi connectivity index (χ0) is 29.6. The Bertz CT molecular complexity index is 811. The quantitative estimate of drug-likeness (QED) is 0.0971. The molecule has 15 nitrogen and oxygen atoms in total. The molecule has 13 atom stereocenters. The largest absolute Gasteiger partial charge is 0.492 e. The van der Waals surface area contributed by atoms with Crippen molar-refractivity contribution in [3.63, 3.8) is 0 Å². The molecule has 0 aromatic carbocycles. The first-order valence-electron chi connectivity index (χ1n) is 13.9. The molecule has 0 bridgehead atoms. The fraction of sp³-hybridized carbons (Fsp3) is 0.920. The summed E-state index contributed by atoms with van der Waals surface area (Å²) in [5.74, 6) is -0.0849. The van der Waals surface area contributed by atoms with Gasteiger partial charge in [-0.2, -0.15) is 0 Å². The molecular formula is C25H50N6O9. The van der Waals surface area contributed by atoms with Crippen LogP contribution in [0.3, 0.4) is 0 Å². The van der Waals surface area contributed by atoms with Gasteiger partial charge in [0.25, 0.3) is 0 Å². The van der Waals surface area contributed by atoms with Crippen molar-refractivity contribution >= 4 is 0 Å². The minimum absolute atomic E-state index is 0.0368. The Morgan fingerprint density at radius 2 is 1.88 bits per heavy atom. The van der Waals surface area contributed by atoms with Crippen LogP contribution < -0.4 is 33.2 Å². The summed E-state index contributed by atoms with van der Waals surface area (Å²) in [7, 11) is 1.61. The Hall–Kier alpha value is -1.02. The second-order valence-electron chi connectivity index (χ2n) is 11.4. The van der Waals surface area contributed by atoms with Crippen LogP contribution in [0.2, 0.25) is 0 Å². The molecule has 1 saturated heterocycles. The number of rotatable bonds is 13. The van der Waals surface area contributed by atoms with Gasteiger partial charge in [-0.25, -0.2) is 0 Å². The van der Waals surface area contributed by atoms with E-state index < -0.39 is 78.6 Å². The van der Waals surface area contributed by atoms with Crippen LogP contribution in [-0.4, -0.2) is 150 Å². The first-order valence-corrected chi connectivity index (χ1v) is 13.9. The summed E-state index contributed by atoms with van der Waals surface area (Å²) in [6, 6.07) is -2.33. The van der Waals surface area contributed by atoms with E-state index in [-0.39, 0.29) is 39.4 Å². The Kier molecular flexibility index (Phi) is 12.5. The van der Waals surface area contributed by atoms with Crippen LogP contribution in [-0.2, 0) is 14.2 Å². The molecule has 0 radical (unpaired) electrons. The molecule has 40 heavy (non-hydrogen) atoms. The number of likely N-dealkylation sites (N-methyl/N-ethyl adjacent to an activating group) is 1.